The van der Waals surface area contributed by atoms with Gasteiger partial charge in [-0.2, -0.15) is 13.2 Å². The van der Waals surface area contributed by atoms with E-state index in [1.165, 1.54) is 19.2 Å². The molecule has 6 nitrogen and oxygen atoms in total. The lowest BCUT2D eigenvalue weighted by Crippen LogP contribution is -2.63. The van der Waals surface area contributed by atoms with E-state index in [1.54, 1.807) is 73.7 Å². The Bertz CT molecular complexity index is 1260. The largest absolute Gasteiger partial charge is 0.497 e. The Hall–Kier alpha value is -4.14. The van der Waals surface area contributed by atoms with Crippen LogP contribution in [0.2, 0.25) is 0 Å². The highest BCUT2D eigenvalue weighted by atomic mass is 19.4. The second-order valence-corrected chi connectivity index (χ2v) is 8.07. The van der Waals surface area contributed by atoms with Crippen LogP contribution in [0.25, 0.3) is 0 Å². The van der Waals surface area contributed by atoms with E-state index in [9.17, 15) is 22.8 Å². The molecule has 2 amide bonds. The van der Waals surface area contributed by atoms with Crippen LogP contribution in [0.15, 0.2) is 83.9 Å². The number of amides is 2. The van der Waals surface area contributed by atoms with Crippen LogP contribution in [0.1, 0.15) is 27.0 Å². The average molecular weight is 481 g/mol. The molecule has 0 saturated carbocycles. The van der Waals surface area contributed by atoms with Crippen LogP contribution >= 0.6 is 0 Å². The molecule has 0 bridgehead atoms. The van der Waals surface area contributed by atoms with Crippen LogP contribution in [0.3, 0.4) is 0 Å². The van der Waals surface area contributed by atoms with Gasteiger partial charge in [0.2, 0.25) is 0 Å². The molecule has 9 heteroatoms. The number of methoxy groups -OCH3 is 1. The number of alkyl halides is 3. The van der Waals surface area contributed by atoms with Crippen molar-refractivity contribution in [1.29, 1.82) is 0 Å². The van der Waals surface area contributed by atoms with Gasteiger partial charge in [0, 0.05) is 11.1 Å². The van der Waals surface area contributed by atoms with Gasteiger partial charge in [0.1, 0.15) is 11.6 Å². The van der Waals surface area contributed by atoms with Gasteiger partial charge in [-0.1, -0.05) is 60.2 Å². The number of aryl methyl sites for hydroxylation is 1. The normalized spacial score (nSPS) is 17.8. The number of benzene rings is 3. The second kappa shape index (κ2) is 9.25. The topological polar surface area (TPSA) is 71.0 Å². The molecule has 4 rings (SSSR count). The van der Waals surface area contributed by atoms with Crippen molar-refractivity contribution in [2.24, 2.45) is 4.99 Å². The number of halogens is 3. The maximum absolute atomic E-state index is 14.5. The minimum absolute atomic E-state index is 0.0166. The number of amidine groups is 1. The number of carbonyl (C=O) groups is 2. The molecule has 3 aromatic carbocycles. The van der Waals surface area contributed by atoms with Crippen molar-refractivity contribution in [2.45, 2.75) is 25.3 Å². The standard InChI is InChI=1S/C26H22F3N3O3/c1-17-8-12-20(13-9-17)23(33)31-25(26(27,28)29)24(34)32(16-18-10-14-21(35-2)15-11-18)22(30-25)19-6-4-3-5-7-19/h3-15H,16H2,1-2H3,(H,31,33)/t25-/m1/s1. The number of hydrogen-bond acceptors (Lipinski definition) is 4. The van der Waals surface area contributed by atoms with Crippen molar-refractivity contribution in [3.63, 3.8) is 0 Å². The number of hydrogen-bond donors (Lipinski definition) is 1. The zero-order valence-electron chi connectivity index (χ0n) is 19.0. The molecular formula is C26H22F3N3O3. The maximum Gasteiger partial charge on any atom is 0.442 e. The molecule has 0 fully saturated rings. The summed E-state index contributed by atoms with van der Waals surface area (Å²) in [7, 11) is 1.49. The number of nitrogens with zero attached hydrogens (tertiary/aromatic N) is 2. The molecule has 1 aliphatic heterocycles. The predicted molar refractivity (Wildman–Crippen MR) is 124 cm³/mol. The molecule has 1 atom stereocenters. The van der Waals surface area contributed by atoms with Crippen LogP contribution in [-0.4, -0.2) is 41.5 Å². The Labute approximate surface area is 200 Å². The molecule has 0 unspecified atom stereocenters. The predicted octanol–water partition coefficient (Wildman–Crippen LogP) is 4.48. The fourth-order valence-electron chi connectivity index (χ4n) is 3.70. The van der Waals surface area contributed by atoms with Crippen molar-refractivity contribution in [2.75, 3.05) is 7.11 Å². The van der Waals surface area contributed by atoms with Gasteiger partial charge >= 0.3 is 11.8 Å². The molecule has 1 heterocycles. The molecule has 180 valence electrons. The first-order valence-electron chi connectivity index (χ1n) is 10.7. The first kappa shape index (κ1) is 24.0. The lowest BCUT2D eigenvalue weighted by molar-refractivity contribution is -0.196. The van der Waals surface area contributed by atoms with E-state index in [2.05, 4.69) is 4.99 Å². The summed E-state index contributed by atoms with van der Waals surface area (Å²) < 4.78 is 48.7. The maximum atomic E-state index is 14.5. The highest BCUT2D eigenvalue weighted by Gasteiger charge is 2.67. The van der Waals surface area contributed by atoms with Gasteiger partial charge in [-0.25, -0.2) is 4.99 Å². The van der Waals surface area contributed by atoms with Gasteiger partial charge in [-0.15, -0.1) is 0 Å². The van der Waals surface area contributed by atoms with Crippen LogP contribution < -0.4 is 10.1 Å². The number of aliphatic imine (C=N–C) groups is 1. The van der Waals surface area contributed by atoms with E-state index < -0.39 is 23.7 Å². The highest BCUT2D eigenvalue weighted by molar-refractivity contribution is 6.16. The summed E-state index contributed by atoms with van der Waals surface area (Å²) in [5.74, 6) is -2.07. The quantitative estimate of drug-likeness (QED) is 0.564. The smallest absolute Gasteiger partial charge is 0.442 e. The molecule has 0 radical (unpaired) electrons. The second-order valence-electron chi connectivity index (χ2n) is 8.07. The fourth-order valence-corrected chi connectivity index (χ4v) is 3.70. The third-order valence-corrected chi connectivity index (χ3v) is 5.63. The summed E-state index contributed by atoms with van der Waals surface area (Å²) in [4.78, 5) is 31.1. The third kappa shape index (κ3) is 4.62. The molecular weight excluding hydrogens is 459 g/mol. The summed E-state index contributed by atoms with van der Waals surface area (Å²) in [5, 5.41) is 1.89. The molecule has 35 heavy (non-hydrogen) atoms. The van der Waals surface area contributed by atoms with Crippen molar-refractivity contribution < 1.29 is 27.5 Å². The van der Waals surface area contributed by atoms with Gasteiger partial charge in [0.25, 0.3) is 11.8 Å². The summed E-state index contributed by atoms with van der Waals surface area (Å²) in [6.45, 7) is 1.60. The number of ether oxygens (including phenoxy) is 1. The van der Waals surface area contributed by atoms with Crippen LogP contribution in [-0.2, 0) is 11.3 Å². The summed E-state index contributed by atoms with van der Waals surface area (Å²) in [6.07, 6.45) is -5.20. The van der Waals surface area contributed by atoms with Gasteiger partial charge in [-0.3, -0.25) is 14.5 Å². The highest BCUT2D eigenvalue weighted by Crippen LogP contribution is 2.39. The van der Waals surface area contributed by atoms with Crippen LogP contribution in [0.4, 0.5) is 13.2 Å². The number of nitrogens with one attached hydrogen (secondary N) is 1. The number of rotatable bonds is 6. The molecule has 0 aromatic heterocycles. The first-order valence-corrected chi connectivity index (χ1v) is 10.7. The average Bonchev–Trinajstić information content (AvgIpc) is 3.13. The van der Waals surface area contributed by atoms with Crippen molar-refractivity contribution >= 4 is 17.6 Å². The van der Waals surface area contributed by atoms with E-state index in [0.717, 1.165) is 10.5 Å². The van der Waals surface area contributed by atoms with Gasteiger partial charge in [0.15, 0.2) is 0 Å². The molecule has 0 saturated heterocycles. The van der Waals surface area contributed by atoms with E-state index in [1.807, 2.05) is 5.32 Å². The number of carbonyl (C=O) groups excluding carboxylic acids is 2. The Morgan fingerprint density at radius 3 is 2.20 bits per heavy atom. The van der Waals surface area contributed by atoms with Crippen LogP contribution in [0, 0.1) is 6.92 Å². The van der Waals surface area contributed by atoms with E-state index >= 15 is 0 Å². The Kier molecular flexibility index (Phi) is 6.34. The summed E-state index contributed by atoms with van der Waals surface area (Å²) in [5.41, 5.74) is -1.78. The first-order chi connectivity index (χ1) is 16.6. The lowest BCUT2D eigenvalue weighted by Gasteiger charge is -2.29. The van der Waals surface area contributed by atoms with Gasteiger partial charge in [0.05, 0.1) is 13.7 Å². The van der Waals surface area contributed by atoms with Crippen molar-refractivity contribution in [1.82, 2.24) is 10.2 Å². The SMILES string of the molecule is COc1ccc(CN2C(=O)[C@@](NC(=O)c3ccc(C)cc3)(C(F)(F)F)N=C2c2ccccc2)cc1. The van der Waals surface area contributed by atoms with Gasteiger partial charge < -0.3 is 10.1 Å². The minimum atomic E-state index is -5.20. The summed E-state index contributed by atoms with van der Waals surface area (Å²) in [6, 6.07) is 20.6. The van der Waals surface area contributed by atoms with Crippen molar-refractivity contribution in [3.05, 3.63) is 101 Å². The van der Waals surface area contributed by atoms with E-state index in [-0.39, 0.29) is 17.9 Å². The Balaban J connectivity index is 1.78. The van der Waals surface area contributed by atoms with E-state index in [4.69, 9.17) is 4.74 Å². The Morgan fingerprint density at radius 1 is 1.00 bits per heavy atom. The van der Waals surface area contributed by atoms with Crippen molar-refractivity contribution in [3.8, 4) is 5.75 Å². The molecule has 1 aliphatic rings. The monoisotopic (exact) mass is 481 g/mol. The minimum Gasteiger partial charge on any atom is -0.497 e. The summed E-state index contributed by atoms with van der Waals surface area (Å²) >= 11 is 0. The zero-order valence-corrected chi connectivity index (χ0v) is 19.0. The fraction of sp³-hybridized carbons (Fsp3) is 0.192. The zero-order chi connectivity index (χ0) is 25.2. The van der Waals surface area contributed by atoms with E-state index in [0.29, 0.717) is 16.9 Å². The molecule has 1 N–H and O–H groups in total. The third-order valence-electron chi connectivity index (χ3n) is 5.63. The van der Waals surface area contributed by atoms with Crippen LogP contribution in [0.5, 0.6) is 5.75 Å². The van der Waals surface area contributed by atoms with Gasteiger partial charge in [-0.05, 0) is 36.8 Å². The molecule has 0 spiro atoms. The Morgan fingerprint density at radius 2 is 1.63 bits per heavy atom. The molecule has 0 aliphatic carbocycles. The lowest BCUT2D eigenvalue weighted by atomic mass is 10.1. The molecule has 3 aromatic rings.